The summed E-state index contributed by atoms with van der Waals surface area (Å²) in [6, 6.07) is 0. The van der Waals surface area contributed by atoms with Gasteiger partial charge in [0.2, 0.25) is 10.4 Å². The summed E-state index contributed by atoms with van der Waals surface area (Å²) in [6.45, 7) is 12.2. The van der Waals surface area contributed by atoms with Crippen molar-refractivity contribution in [1.82, 2.24) is 0 Å². The van der Waals surface area contributed by atoms with Crippen LogP contribution in [0, 0.1) is 46.3 Å². The number of aliphatic hydroxyl groups excluding tert-OH is 15. The molecule has 10 rings (SSSR count). The fourth-order valence-corrected chi connectivity index (χ4v) is 17.7. The van der Waals surface area contributed by atoms with Crippen molar-refractivity contribution in [2.24, 2.45) is 46.3 Å². The van der Waals surface area contributed by atoms with E-state index in [4.69, 9.17) is 61.0 Å². The molecule has 10 aliphatic rings. The molecule has 15 N–H and O–H groups in total. The molecule has 548 valence electrons. The van der Waals surface area contributed by atoms with Crippen molar-refractivity contribution < 1.29 is 185 Å². The van der Waals surface area contributed by atoms with Gasteiger partial charge in [-0.1, -0.05) is 46.3 Å². The summed E-state index contributed by atoms with van der Waals surface area (Å²) in [7, 11) is -5.14. The molecular weight excluding hydrogens is 1310 g/mol. The molecule has 0 aromatic carbocycles. The van der Waals surface area contributed by atoms with Gasteiger partial charge >= 0.3 is 29.6 Å². The van der Waals surface area contributed by atoms with Crippen molar-refractivity contribution in [1.29, 1.82) is 0 Å². The van der Waals surface area contributed by atoms with E-state index in [0.717, 1.165) is 19.3 Å². The van der Waals surface area contributed by atoms with E-state index < -0.39 is 232 Å². The van der Waals surface area contributed by atoms with Gasteiger partial charge in [0.05, 0.1) is 50.3 Å². The zero-order chi connectivity index (χ0) is 69.4. The van der Waals surface area contributed by atoms with E-state index >= 15 is 0 Å². The summed E-state index contributed by atoms with van der Waals surface area (Å²) in [4.78, 5) is 13.2. The van der Waals surface area contributed by atoms with Crippen LogP contribution in [0.5, 0.6) is 0 Å². The quantitative estimate of drug-likeness (QED) is 0.0220. The van der Waals surface area contributed by atoms with E-state index in [0.29, 0.717) is 25.7 Å². The number of allylic oxidation sites excluding steroid dienone is 2. The third kappa shape index (κ3) is 16.0. The number of aliphatic hydroxyl groups is 15. The van der Waals surface area contributed by atoms with E-state index in [9.17, 15) is 94.4 Å². The van der Waals surface area contributed by atoms with Gasteiger partial charge in [0.15, 0.2) is 37.7 Å². The topological polar surface area (TPSA) is 498 Å². The van der Waals surface area contributed by atoms with E-state index in [1.54, 1.807) is 0 Å². The standard InChI is InChI=1S/C62H102O32S.Na/c1-22(2)15-27(65)16-23(3)30-9-10-31-29-18-34(33-17-28(94-95(79,80)81)11-13-62(33,8)32(29)12-14-61(30,31)7)86-57-49(77)52(40(68)25(5)84-57)91-59-53(92-55-47(75)44(72)38(66)24(4)83-55)43(71)37(21-82-59)89-60-54(46(74)42(70)36(20-64)88-60)93-58-50(78)51(39(67)26(6)85-58)90-56-48(76)45(73)41(69)35(19-63)87-56;/h12,22-26,28-31,33-60,63-64,66-78H,9-11,13-21H2,1-8H3,(H,79,80,81);/q;+1/p-1/t23-,24-,25-,26+,28+,29+,30-,31+,33-,34+,35-,36-,37-,38-,39+,40-,41+,42+,43+,44+,45+,46+,47-,48-,49-,50-,51+,52+,53-,54-,55-,56+,57-,58-,59+,60+,61-,62-;/m1./s1. The van der Waals surface area contributed by atoms with Gasteiger partial charge in [-0.3, -0.25) is 8.98 Å². The summed E-state index contributed by atoms with van der Waals surface area (Å²) < 4.78 is 114. The molecule has 0 amide bonds. The second-order valence-corrected chi connectivity index (χ2v) is 30.2. The Morgan fingerprint density at radius 1 is 0.552 bits per heavy atom. The SMILES string of the molecule is CC(C)CC(=O)C[C@@H](C)[C@H]1CC[C@H]2[C@@H]3C[C@H](O[C@H]4O[C@H](C)[C@@H](O)[C@H](O[C@@H]5OC[C@@H](O[C@@H]6O[C@H](CO)[C@H](O)[C@H](O)[C@H]6O[C@H]6O[C@@H](C)[C@H](O)[C@H](O[C@@H]7O[C@H](CO)[C@H](O)[C@H](O)[C@H]7O)[C@H]6O)[C@H](O)[C@H]5O[C@H]5O[C@H](C)[C@@H](O)[C@H](O)[C@H]5O)[C@H]4O)[C@H]4C[C@@H](OS(=O)(=O)[O-])CC[C@]4(C)C3=CC[C@]12C.[Na+]. The number of Topliss-reactive ketones (excluding diaryl/α,β-unsaturated/α-hetero) is 1. The van der Waals surface area contributed by atoms with Gasteiger partial charge in [0, 0.05) is 12.8 Å². The summed E-state index contributed by atoms with van der Waals surface area (Å²) >= 11 is 0. The Balaban J connectivity index is 0.0000108. The number of hydrogen-bond donors (Lipinski definition) is 15. The Hall–Kier alpha value is -0.800. The number of carbonyl (C=O) groups is 1. The molecule has 3 saturated carbocycles. The number of hydrogen-bond acceptors (Lipinski definition) is 32. The molecule has 38 atom stereocenters. The maximum Gasteiger partial charge on any atom is 1.00 e. The van der Waals surface area contributed by atoms with Gasteiger partial charge in [-0.25, -0.2) is 8.42 Å². The van der Waals surface area contributed by atoms with E-state index in [-0.39, 0.29) is 83.2 Å². The summed E-state index contributed by atoms with van der Waals surface area (Å²) in [5.74, 6) is 0.350. The first-order valence-electron chi connectivity index (χ1n) is 33.4. The molecule has 6 heterocycles. The summed E-state index contributed by atoms with van der Waals surface area (Å²) in [6.07, 6.45) is -46.8. The van der Waals surface area contributed by atoms with Crippen LogP contribution in [0.4, 0.5) is 0 Å². The zero-order valence-electron chi connectivity index (χ0n) is 55.5. The number of ketones is 1. The molecule has 6 aliphatic heterocycles. The number of carbonyl (C=O) groups excluding carboxylic acids is 1. The minimum Gasteiger partial charge on any atom is -0.726 e. The largest absolute Gasteiger partial charge is 1.00 e. The van der Waals surface area contributed by atoms with Gasteiger partial charge in [-0.2, -0.15) is 0 Å². The first-order chi connectivity index (χ1) is 44.6. The van der Waals surface area contributed by atoms with Crippen molar-refractivity contribution in [3.8, 4) is 0 Å². The van der Waals surface area contributed by atoms with Crippen LogP contribution >= 0.6 is 0 Å². The normalized spacial score (nSPS) is 51.1. The zero-order valence-corrected chi connectivity index (χ0v) is 58.3. The molecule has 32 nitrogen and oxygen atoms in total. The van der Waals surface area contributed by atoms with Crippen LogP contribution in [0.15, 0.2) is 11.6 Å². The molecule has 96 heavy (non-hydrogen) atoms. The van der Waals surface area contributed by atoms with Gasteiger partial charge in [-0.15, -0.1) is 0 Å². The Labute approximate surface area is 579 Å². The average molecular weight is 1410 g/mol. The van der Waals surface area contributed by atoms with Crippen LogP contribution < -0.4 is 29.6 Å². The third-order valence-corrected chi connectivity index (χ3v) is 22.9. The Bertz CT molecular complexity index is 2710. The van der Waals surface area contributed by atoms with E-state index in [1.165, 1.54) is 26.3 Å². The number of ether oxygens (including phenoxy) is 12. The second-order valence-electron chi connectivity index (χ2n) is 29.2. The molecule has 0 aromatic rings. The smallest absolute Gasteiger partial charge is 0.726 e. The second kappa shape index (κ2) is 31.9. The maximum atomic E-state index is 13.2. The van der Waals surface area contributed by atoms with Crippen LogP contribution in [0.1, 0.15) is 113 Å². The van der Waals surface area contributed by atoms with Gasteiger partial charge in [-0.05, 0) is 112 Å². The first kappa shape index (κ1) is 79.3. The van der Waals surface area contributed by atoms with E-state index in [1.807, 2.05) is 13.8 Å². The predicted molar refractivity (Wildman–Crippen MR) is 315 cm³/mol. The van der Waals surface area contributed by atoms with Crippen molar-refractivity contribution in [3.63, 3.8) is 0 Å². The molecule has 0 spiro atoms. The fraction of sp³-hybridized carbons (Fsp3) is 0.952. The number of rotatable bonds is 21. The third-order valence-electron chi connectivity index (χ3n) is 22.4. The van der Waals surface area contributed by atoms with E-state index in [2.05, 4.69) is 26.8 Å². The van der Waals surface area contributed by atoms with Crippen molar-refractivity contribution in [2.75, 3.05) is 19.8 Å². The molecular formula is C62H101NaO32S. The monoisotopic (exact) mass is 1410 g/mol. The molecule has 0 bridgehead atoms. The minimum absolute atomic E-state index is 0. The summed E-state index contributed by atoms with van der Waals surface area (Å²) in [5.41, 5.74) is 0.364. The Morgan fingerprint density at radius 2 is 1.04 bits per heavy atom. The minimum atomic E-state index is -5.14. The van der Waals surface area contributed by atoms with Crippen molar-refractivity contribution >= 4 is 16.2 Å². The van der Waals surface area contributed by atoms with Gasteiger partial charge < -0.3 is 138 Å². The van der Waals surface area contributed by atoms with Crippen molar-refractivity contribution in [2.45, 2.75) is 304 Å². The molecule has 0 aromatic heterocycles. The maximum absolute atomic E-state index is 13.2. The molecule has 6 saturated heterocycles. The predicted octanol–water partition coefficient (Wildman–Crippen LogP) is -7.31. The van der Waals surface area contributed by atoms with Crippen LogP contribution in [0.2, 0.25) is 0 Å². The Morgan fingerprint density at radius 3 is 1.61 bits per heavy atom. The fourth-order valence-electron chi connectivity index (χ4n) is 17.2. The van der Waals surface area contributed by atoms with Crippen molar-refractivity contribution in [3.05, 3.63) is 11.6 Å². The number of fused-ring (bicyclic) bond motifs is 5. The van der Waals surface area contributed by atoms with Crippen LogP contribution in [-0.4, -0.2) is 306 Å². The first-order valence-corrected chi connectivity index (χ1v) is 34.7. The molecule has 9 fully saturated rings. The van der Waals surface area contributed by atoms with Crippen LogP contribution in [0.25, 0.3) is 0 Å². The van der Waals surface area contributed by atoms with Crippen LogP contribution in [0.3, 0.4) is 0 Å². The molecule has 0 unspecified atom stereocenters. The molecule has 0 radical (unpaired) electrons. The van der Waals surface area contributed by atoms with Gasteiger partial charge in [0.25, 0.3) is 0 Å². The average Bonchev–Trinajstić information content (AvgIpc) is 1.27. The summed E-state index contributed by atoms with van der Waals surface area (Å²) in [5, 5.41) is 167. The van der Waals surface area contributed by atoms with Crippen LogP contribution in [-0.2, 0) is 76.2 Å². The Kier molecular flexibility index (Phi) is 26.3. The van der Waals surface area contributed by atoms with Gasteiger partial charge in [0.1, 0.15) is 128 Å². The molecule has 4 aliphatic carbocycles. The molecule has 34 heteroatoms.